The van der Waals surface area contributed by atoms with E-state index < -0.39 is 12.1 Å². The van der Waals surface area contributed by atoms with Gasteiger partial charge in [0.1, 0.15) is 6.10 Å². The minimum atomic E-state index is -1.01. The van der Waals surface area contributed by atoms with Crippen LogP contribution in [0.5, 0.6) is 0 Å². The molecule has 1 unspecified atom stereocenters. The van der Waals surface area contributed by atoms with Gasteiger partial charge in [0, 0.05) is 38.2 Å². The van der Waals surface area contributed by atoms with Crippen molar-refractivity contribution < 1.29 is 19.4 Å². The van der Waals surface area contributed by atoms with Gasteiger partial charge >= 0.3 is 5.97 Å². The standard InChI is InChI=1S/C30H32N2O4/c1-31(2)26-16-14-25(15-17-26)24-12-9-23(10-13-24)21-32(30(35)28-8-3-4-19-36-28)27-7-5-6-22(20-27)11-18-29(33)34/h5-7,9-18,20,28H,3-4,8,19,21H2,1-2H3,(H,33,34). The Morgan fingerprint density at radius 3 is 2.25 bits per heavy atom. The lowest BCUT2D eigenvalue weighted by Crippen LogP contribution is -2.41. The Kier molecular flexibility index (Phi) is 8.18. The molecule has 1 heterocycles. The van der Waals surface area contributed by atoms with Crippen LogP contribution in [0.4, 0.5) is 11.4 Å². The molecule has 6 nitrogen and oxygen atoms in total. The lowest BCUT2D eigenvalue weighted by Gasteiger charge is -2.30. The molecular weight excluding hydrogens is 452 g/mol. The molecular formula is C30H32N2O4. The number of rotatable bonds is 8. The number of ether oxygens (including phenoxy) is 1. The van der Waals surface area contributed by atoms with Crippen LogP contribution in [0, 0.1) is 0 Å². The first kappa shape index (κ1) is 25.2. The number of carboxylic acid groups (broad SMARTS) is 1. The first-order chi connectivity index (χ1) is 17.4. The second kappa shape index (κ2) is 11.7. The monoisotopic (exact) mass is 484 g/mol. The molecule has 1 amide bonds. The number of hydrogen-bond acceptors (Lipinski definition) is 4. The summed E-state index contributed by atoms with van der Waals surface area (Å²) < 4.78 is 5.81. The summed E-state index contributed by atoms with van der Waals surface area (Å²) in [4.78, 5) is 28.3. The van der Waals surface area contributed by atoms with Gasteiger partial charge in [-0.25, -0.2) is 4.79 Å². The molecule has 3 aromatic carbocycles. The van der Waals surface area contributed by atoms with Crippen LogP contribution in [0.25, 0.3) is 17.2 Å². The molecule has 186 valence electrons. The van der Waals surface area contributed by atoms with E-state index in [-0.39, 0.29) is 5.91 Å². The van der Waals surface area contributed by atoms with Crippen molar-refractivity contribution in [3.05, 3.63) is 90.0 Å². The maximum Gasteiger partial charge on any atom is 0.328 e. The summed E-state index contributed by atoms with van der Waals surface area (Å²) in [7, 11) is 4.04. The largest absolute Gasteiger partial charge is 0.478 e. The summed E-state index contributed by atoms with van der Waals surface area (Å²) in [5.74, 6) is -1.09. The summed E-state index contributed by atoms with van der Waals surface area (Å²) in [5.41, 5.74) is 5.82. The first-order valence-corrected chi connectivity index (χ1v) is 12.2. The number of carboxylic acids is 1. The molecule has 1 N–H and O–H groups in total. The Morgan fingerprint density at radius 1 is 0.944 bits per heavy atom. The molecule has 0 aliphatic carbocycles. The van der Waals surface area contributed by atoms with Crippen LogP contribution in [0.1, 0.15) is 30.4 Å². The van der Waals surface area contributed by atoms with Crippen LogP contribution in [0.2, 0.25) is 0 Å². The number of amides is 1. The van der Waals surface area contributed by atoms with Crippen LogP contribution in [0.3, 0.4) is 0 Å². The lowest BCUT2D eigenvalue weighted by atomic mass is 10.0. The van der Waals surface area contributed by atoms with E-state index >= 15 is 0 Å². The molecule has 1 atom stereocenters. The van der Waals surface area contributed by atoms with Gasteiger partial charge < -0.3 is 19.6 Å². The summed E-state index contributed by atoms with van der Waals surface area (Å²) >= 11 is 0. The highest BCUT2D eigenvalue weighted by atomic mass is 16.5. The SMILES string of the molecule is CN(C)c1ccc(-c2ccc(CN(C(=O)C3CCCCO3)c3cccc(C=CC(=O)O)c3)cc2)cc1. The normalized spacial score (nSPS) is 15.6. The lowest BCUT2D eigenvalue weighted by molar-refractivity contribution is -0.133. The van der Waals surface area contributed by atoms with E-state index in [9.17, 15) is 9.59 Å². The number of nitrogens with zero attached hydrogens (tertiary/aromatic N) is 2. The Labute approximate surface area is 212 Å². The maximum atomic E-state index is 13.5. The molecule has 0 saturated carbocycles. The van der Waals surface area contributed by atoms with Gasteiger partial charge in [0.2, 0.25) is 0 Å². The van der Waals surface area contributed by atoms with E-state index in [2.05, 4.69) is 41.3 Å². The number of benzene rings is 3. The van der Waals surface area contributed by atoms with Crippen LogP contribution >= 0.6 is 0 Å². The average molecular weight is 485 g/mol. The molecule has 1 aliphatic rings. The van der Waals surface area contributed by atoms with Crippen LogP contribution in [-0.2, 0) is 20.9 Å². The fourth-order valence-electron chi connectivity index (χ4n) is 4.31. The van der Waals surface area contributed by atoms with E-state index in [1.165, 1.54) is 6.08 Å². The van der Waals surface area contributed by atoms with Crippen LogP contribution in [0.15, 0.2) is 78.9 Å². The van der Waals surface area contributed by atoms with Crippen molar-refractivity contribution in [1.29, 1.82) is 0 Å². The van der Waals surface area contributed by atoms with Crippen molar-refractivity contribution >= 4 is 29.3 Å². The highest BCUT2D eigenvalue weighted by Gasteiger charge is 2.28. The van der Waals surface area contributed by atoms with Crippen molar-refractivity contribution in [2.24, 2.45) is 0 Å². The molecule has 1 fully saturated rings. The van der Waals surface area contributed by atoms with Crippen LogP contribution < -0.4 is 9.80 Å². The van der Waals surface area contributed by atoms with Gasteiger partial charge in [-0.3, -0.25) is 4.79 Å². The van der Waals surface area contributed by atoms with Crippen molar-refractivity contribution in [3.8, 4) is 11.1 Å². The van der Waals surface area contributed by atoms with Crippen molar-refractivity contribution in [3.63, 3.8) is 0 Å². The zero-order valence-electron chi connectivity index (χ0n) is 20.8. The van der Waals surface area contributed by atoms with E-state index in [4.69, 9.17) is 9.84 Å². The number of carbonyl (C=O) groups excluding carboxylic acids is 1. The predicted molar refractivity (Wildman–Crippen MR) is 144 cm³/mol. The summed E-state index contributed by atoms with van der Waals surface area (Å²) in [6.45, 7) is 0.984. The topological polar surface area (TPSA) is 70.1 Å². The fraction of sp³-hybridized carbons (Fsp3) is 0.267. The van der Waals surface area contributed by atoms with Gasteiger partial charge in [-0.15, -0.1) is 0 Å². The van der Waals surface area contributed by atoms with Gasteiger partial charge in [-0.1, -0.05) is 48.5 Å². The highest BCUT2D eigenvalue weighted by Crippen LogP contribution is 2.26. The molecule has 4 rings (SSSR count). The smallest absolute Gasteiger partial charge is 0.328 e. The van der Waals surface area contributed by atoms with Gasteiger partial charge in [0.15, 0.2) is 0 Å². The van der Waals surface area contributed by atoms with Crippen molar-refractivity contribution in [1.82, 2.24) is 0 Å². The third-order valence-electron chi connectivity index (χ3n) is 6.33. The molecule has 0 spiro atoms. The quantitative estimate of drug-likeness (QED) is 0.420. The van der Waals surface area contributed by atoms with Gasteiger partial charge in [0.25, 0.3) is 5.91 Å². The van der Waals surface area contributed by atoms with Gasteiger partial charge in [-0.05, 0) is 71.9 Å². The molecule has 0 aromatic heterocycles. The minimum absolute atomic E-state index is 0.0718. The summed E-state index contributed by atoms with van der Waals surface area (Å²) in [5, 5.41) is 8.98. The van der Waals surface area contributed by atoms with Crippen LogP contribution in [-0.4, -0.2) is 43.8 Å². The Hall–Kier alpha value is -3.90. The maximum absolute atomic E-state index is 13.5. The van der Waals surface area contributed by atoms with Crippen molar-refractivity contribution in [2.75, 3.05) is 30.5 Å². The molecule has 0 bridgehead atoms. The molecule has 0 radical (unpaired) electrons. The Morgan fingerprint density at radius 2 is 1.64 bits per heavy atom. The zero-order chi connectivity index (χ0) is 25.5. The number of anilines is 2. The predicted octanol–water partition coefficient (Wildman–Crippen LogP) is 5.62. The van der Waals surface area contributed by atoms with E-state index in [1.807, 2.05) is 50.5 Å². The average Bonchev–Trinajstić information content (AvgIpc) is 2.91. The van der Waals surface area contributed by atoms with Crippen molar-refractivity contribution in [2.45, 2.75) is 31.9 Å². The Balaban J connectivity index is 1.58. The molecule has 36 heavy (non-hydrogen) atoms. The number of aliphatic carboxylic acids is 1. The summed E-state index contributed by atoms with van der Waals surface area (Å²) in [6.07, 6.45) is 4.80. The molecule has 3 aromatic rings. The minimum Gasteiger partial charge on any atom is -0.478 e. The Bertz CT molecular complexity index is 1210. The third-order valence-corrected chi connectivity index (χ3v) is 6.33. The third kappa shape index (κ3) is 6.40. The molecule has 1 aliphatic heterocycles. The number of hydrogen-bond donors (Lipinski definition) is 1. The zero-order valence-corrected chi connectivity index (χ0v) is 20.8. The van der Waals surface area contributed by atoms with E-state index in [1.54, 1.807) is 4.90 Å². The second-order valence-electron chi connectivity index (χ2n) is 9.18. The van der Waals surface area contributed by atoms with Gasteiger partial charge in [-0.2, -0.15) is 0 Å². The fourth-order valence-corrected chi connectivity index (χ4v) is 4.31. The highest BCUT2D eigenvalue weighted by molar-refractivity contribution is 5.97. The molecule has 6 heteroatoms. The number of carbonyl (C=O) groups is 2. The molecule has 1 saturated heterocycles. The second-order valence-corrected chi connectivity index (χ2v) is 9.18. The first-order valence-electron chi connectivity index (χ1n) is 12.2. The van der Waals surface area contributed by atoms with Gasteiger partial charge in [0.05, 0.1) is 6.54 Å². The summed E-state index contributed by atoms with van der Waals surface area (Å²) in [6, 6.07) is 24.0. The van der Waals surface area contributed by atoms with E-state index in [0.29, 0.717) is 30.8 Å². The van der Waals surface area contributed by atoms with E-state index in [0.717, 1.165) is 41.3 Å².